The van der Waals surface area contributed by atoms with Crippen molar-refractivity contribution in [3.8, 4) is 0 Å². The minimum atomic E-state index is -1.67. The number of carbonyl (C=O) groups is 2. The van der Waals surface area contributed by atoms with Gasteiger partial charge in [-0.25, -0.2) is 18.4 Å². The second kappa shape index (κ2) is 8.25. The molecule has 0 unspecified atom stereocenters. The summed E-state index contributed by atoms with van der Waals surface area (Å²) >= 11 is 3.80. The van der Waals surface area contributed by atoms with Gasteiger partial charge in [-0.2, -0.15) is 4.90 Å². The van der Waals surface area contributed by atoms with E-state index < -0.39 is 35.0 Å². The lowest BCUT2D eigenvalue weighted by Gasteiger charge is -2.38. The molecular formula is C18H16F2I2N2O3. The van der Waals surface area contributed by atoms with Crippen LogP contribution >= 0.6 is 45.2 Å². The first kappa shape index (κ1) is 21.8. The predicted molar refractivity (Wildman–Crippen MR) is 116 cm³/mol. The van der Waals surface area contributed by atoms with Crippen molar-refractivity contribution >= 4 is 68.7 Å². The lowest BCUT2D eigenvalue weighted by Crippen LogP contribution is -2.54. The van der Waals surface area contributed by atoms with Crippen molar-refractivity contribution in [2.75, 3.05) is 9.80 Å². The highest BCUT2D eigenvalue weighted by Gasteiger charge is 2.37. The maximum absolute atomic E-state index is 14.6. The van der Waals surface area contributed by atoms with Crippen molar-refractivity contribution < 1.29 is 23.5 Å². The molecule has 0 spiro atoms. The van der Waals surface area contributed by atoms with E-state index in [9.17, 15) is 23.5 Å². The number of imide groups is 1. The monoisotopic (exact) mass is 600 g/mol. The second-order valence-corrected chi connectivity index (χ2v) is 9.09. The van der Waals surface area contributed by atoms with Crippen LogP contribution in [-0.2, 0) is 0 Å². The first-order chi connectivity index (χ1) is 12.4. The normalized spacial score (nSPS) is 11.2. The van der Waals surface area contributed by atoms with Gasteiger partial charge in [0, 0.05) is 12.7 Å². The van der Waals surface area contributed by atoms with Crippen molar-refractivity contribution in [2.45, 2.75) is 26.3 Å². The summed E-state index contributed by atoms with van der Waals surface area (Å²) in [6, 6.07) is 6.95. The summed E-state index contributed by atoms with van der Waals surface area (Å²) in [5.74, 6) is -1.55. The molecule has 0 saturated carbocycles. The molecule has 9 heteroatoms. The zero-order chi connectivity index (χ0) is 20.5. The molecule has 0 saturated heterocycles. The van der Waals surface area contributed by atoms with E-state index in [4.69, 9.17) is 0 Å². The molecule has 0 atom stereocenters. The number of carbonyl (C=O) groups excluding carboxylic acids is 1. The van der Waals surface area contributed by atoms with Gasteiger partial charge < -0.3 is 5.11 Å². The number of nitrogens with zero attached hydrogens (tertiary/aromatic N) is 2. The summed E-state index contributed by atoms with van der Waals surface area (Å²) in [5.41, 5.74) is -1.49. The van der Waals surface area contributed by atoms with E-state index in [1.54, 1.807) is 26.8 Å². The number of carboxylic acid groups (broad SMARTS) is 1. The second-order valence-electron chi connectivity index (χ2n) is 6.60. The van der Waals surface area contributed by atoms with Gasteiger partial charge in [0.25, 0.3) is 0 Å². The lowest BCUT2D eigenvalue weighted by atomic mass is 10.0. The minimum absolute atomic E-state index is 0.0925. The van der Waals surface area contributed by atoms with E-state index in [-0.39, 0.29) is 10.6 Å². The quantitative estimate of drug-likeness (QED) is 0.426. The highest BCUT2D eigenvalue weighted by molar-refractivity contribution is 14.1. The van der Waals surface area contributed by atoms with Crippen LogP contribution in [0.2, 0.25) is 0 Å². The molecule has 27 heavy (non-hydrogen) atoms. The van der Waals surface area contributed by atoms with Crippen LogP contribution in [0.15, 0.2) is 36.4 Å². The van der Waals surface area contributed by atoms with Gasteiger partial charge in [-0.3, -0.25) is 4.90 Å². The van der Waals surface area contributed by atoms with E-state index in [1.807, 2.05) is 45.2 Å². The standard InChI is InChI=1S/C18H16F2I2N2O3/c1-18(2,3)24(15-7-5-11(22)9-13(15)20)16(25)23(17(26)27)14-6-4-10(21)8-12(14)19/h4-9H,1-3H3,(H,26,27). The molecule has 1 N–H and O–H groups in total. The van der Waals surface area contributed by atoms with Gasteiger partial charge in [-0.05, 0) is 102 Å². The van der Waals surface area contributed by atoms with Crippen LogP contribution in [0.3, 0.4) is 0 Å². The molecule has 0 aliphatic heterocycles. The molecule has 3 amide bonds. The molecule has 0 aromatic heterocycles. The van der Waals surface area contributed by atoms with Crippen LogP contribution in [0, 0.1) is 18.8 Å². The Bertz CT molecular complexity index is 901. The Labute approximate surface area is 182 Å². The number of amides is 3. The molecule has 0 radical (unpaired) electrons. The number of urea groups is 1. The third-order valence-electron chi connectivity index (χ3n) is 3.55. The van der Waals surface area contributed by atoms with Crippen molar-refractivity contribution in [1.29, 1.82) is 0 Å². The SMILES string of the molecule is CC(C)(C)N(C(=O)N(C(=O)O)c1ccc(I)cc1F)c1ccc(I)cc1F. The first-order valence-corrected chi connectivity index (χ1v) is 9.86. The number of benzene rings is 2. The smallest absolute Gasteiger partial charge is 0.420 e. The van der Waals surface area contributed by atoms with E-state index >= 15 is 0 Å². The van der Waals surface area contributed by atoms with Crippen molar-refractivity contribution in [3.05, 3.63) is 55.2 Å². The van der Waals surface area contributed by atoms with Gasteiger partial charge in [0.1, 0.15) is 11.6 Å². The zero-order valence-corrected chi connectivity index (χ0v) is 18.9. The fraction of sp³-hybridized carbons (Fsp3) is 0.222. The maximum atomic E-state index is 14.6. The van der Waals surface area contributed by atoms with Gasteiger partial charge in [0.15, 0.2) is 0 Å². The molecule has 0 bridgehead atoms. The summed E-state index contributed by atoms with van der Waals surface area (Å²) < 4.78 is 30.1. The molecule has 0 heterocycles. The fourth-order valence-corrected chi connectivity index (χ4v) is 3.37. The van der Waals surface area contributed by atoms with Gasteiger partial charge in [0.05, 0.1) is 11.4 Å². The molecule has 2 aromatic carbocycles. The lowest BCUT2D eigenvalue weighted by molar-refractivity contribution is 0.199. The van der Waals surface area contributed by atoms with Gasteiger partial charge in [-0.15, -0.1) is 0 Å². The summed E-state index contributed by atoms with van der Waals surface area (Å²) in [7, 11) is 0. The average molecular weight is 600 g/mol. The highest BCUT2D eigenvalue weighted by Crippen LogP contribution is 2.31. The number of halogens is 4. The zero-order valence-electron chi connectivity index (χ0n) is 14.6. The Balaban J connectivity index is 2.63. The van der Waals surface area contributed by atoms with Crippen LogP contribution in [0.4, 0.5) is 29.7 Å². The molecule has 2 rings (SSSR count). The molecule has 2 aromatic rings. The highest BCUT2D eigenvalue weighted by atomic mass is 127. The summed E-state index contributed by atoms with van der Waals surface area (Å²) in [5, 5.41) is 9.58. The Morgan fingerprint density at radius 2 is 1.37 bits per heavy atom. The number of anilines is 2. The Morgan fingerprint density at radius 1 is 0.926 bits per heavy atom. The molecule has 144 valence electrons. The predicted octanol–water partition coefficient (Wildman–Crippen LogP) is 6.08. The molecule has 0 aliphatic rings. The van der Waals surface area contributed by atoms with Crippen molar-refractivity contribution in [3.63, 3.8) is 0 Å². The van der Waals surface area contributed by atoms with Crippen LogP contribution < -0.4 is 9.80 Å². The van der Waals surface area contributed by atoms with Crippen LogP contribution in [0.25, 0.3) is 0 Å². The molecule has 0 fully saturated rings. The Kier molecular flexibility index (Phi) is 6.66. The molecule has 0 aliphatic carbocycles. The summed E-state index contributed by atoms with van der Waals surface area (Å²) in [6.45, 7) is 4.89. The van der Waals surface area contributed by atoms with Crippen LogP contribution in [0.1, 0.15) is 20.8 Å². The van der Waals surface area contributed by atoms with E-state index in [2.05, 4.69) is 0 Å². The van der Waals surface area contributed by atoms with Crippen LogP contribution in [0.5, 0.6) is 0 Å². The van der Waals surface area contributed by atoms with E-state index in [0.717, 1.165) is 11.0 Å². The van der Waals surface area contributed by atoms with Gasteiger partial charge in [-0.1, -0.05) is 0 Å². The Hall–Kier alpha value is -1.50. The molecule has 5 nitrogen and oxygen atoms in total. The van der Waals surface area contributed by atoms with E-state index in [1.165, 1.54) is 24.3 Å². The maximum Gasteiger partial charge on any atom is 0.420 e. The van der Waals surface area contributed by atoms with Crippen molar-refractivity contribution in [2.24, 2.45) is 0 Å². The minimum Gasteiger partial charge on any atom is -0.464 e. The summed E-state index contributed by atoms with van der Waals surface area (Å²) in [4.78, 5) is 26.2. The number of hydrogen-bond acceptors (Lipinski definition) is 2. The summed E-state index contributed by atoms with van der Waals surface area (Å²) in [6.07, 6.45) is -1.67. The topological polar surface area (TPSA) is 60.9 Å². The number of hydrogen-bond donors (Lipinski definition) is 1. The fourth-order valence-electron chi connectivity index (χ4n) is 2.46. The third kappa shape index (κ3) is 4.86. The molecular weight excluding hydrogens is 584 g/mol. The largest absolute Gasteiger partial charge is 0.464 e. The third-order valence-corrected chi connectivity index (χ3v) is 4.89. The van der Waals surface area contributed by atoms with Crippen molar-refractivity contribution in [1.82, 2.24) is 0 Å². The first-order valence-electron chi connectivity index (χ1n) is 7.71. The Morgan fingerprint density at radius 3 is 1.74 bits per heavy atom. The van der Waals surface area contributed by atoms with Crippen LogP contribution in [-0.4, -0.2) is 22.8 Å². The van der Waals surface area contributed by atoms with Gasteiger partial charge >= 0.3 is 12.1 Å². The number of rotatable bonds is 2. The average Bonchev–Trinajstić information content (AvgIpc) is 2.50. The van der Waals surface area contributed by atoms with E-state index in [0.29, 0.717) is 7.14 Å². The van der Waals surface area contributed by atoms with Gasteiger partial charge in [0.2, 0.25) is 0 Å².